The van der Waals surface area contributed by atoms with Gasteiger partial charge in [0, 0.05) is 24.6 Å². The molecule has 146 valence electrons. The summed E-state index contributed by atoms with van der Waals surface area (Å²) in [5.74, 6) is 0.242. The molecule has 1 atom stereocenters. The molecule has 0 bridgehead atoms. The number of hydrogen-bond donors (Lipinski definition) is 0. The molecule has 28 heavy (non-hydrogen) atoms. The second kappa shape index (κ2) is 8.55. The minimum atomic E-state index is -0.192. The number of carbonyl (C=O) groups excluding carboxylic acids is 1. The molecule has 0 radical (unpaired) electrons. The molecule has 3 heterocycles. The van der Waals surface area contributed by atoms with Crippen LogP contribution < -0.4 is 4.74 Å². The summed E-state index contributed by atoms with van der Waals surface area (Å²) < 4.78 is 5.65. The number of rotatable bonds is 7. The Morgan fingerprint density at radius 2 is 1.86 bits per heavy atom. The minimum absolute atomic E-state index is 0.164. The Labute approximate surface area is 163 Å². The van der Waals surface area contributed by atoms with Crippen LogP contribution in [0.25, 0.3) is 5.82 Å². The lowest BCUT2D eigenvalue weighted by Crippen LogP contribution is -2.42. The second-order valence-electron chi connectivity index (χ2n) is 6.44. The molecular formula is C19H23N7O2. The van der Waals surface area contributed by atoms with Crippen LogP contribution in [0.5, 0.6) is 6.01 Å². The summed E-state index contributed by atoms with van der Waals surface area (Å²) >= 11 is 0. The average molecular weight is 381 g/mol. The Balaban J connectivity index is 1.78. The van der Waals surface area contributed by atoms with Crippen LogP contribution in [0.1, 0.15) is 35.5 Å². The second-order valence-corrected chi connectivity index (χ2v) is 6.44. The van der Waals surface area contributed by atoms with Crippen LogP contribution in [0.4, 0.5) is 0 Å². The van der Waals surface area contributed by atoms with Gasteiger partial charge in [-0.2, -0.15) is 10.2 Å². The quantitative estimate of drug-likeness (QED) is 0.617. The van der Waals surface area contributed by atoms with E-state index in [9.17, 15) is 4.79 Å². The Morgan fingerprint density at radius 3 is 2.50 bits per heavy atom. The molecule has 0 fully saturated rings. The van der Waals surface area contributed by atoms with Crippen LogP contribution in [-0.2, 0) is 0 Å². The van der Waals surface area contributed by atoms with Crippen molar-refractivity contribution < 1.29 is 9.53 Å². The number of amides is 1. The summed E-state index contributed by atoms with van der Waals surface area (Å²) in [7, 11) is 0. The Morgan fingerprint density at radius 1 is 1.18 bits per heavy atom. The first kappa shape index (κ1) is 19.4. The predicted molar refractivity (Wildman–Crippen MR) is 102 cm³/mol. The van der Waals surface area contributed by atoms with E-state index in [1.54, 1.807) is 41.8 Å². The fourth-order valence-corrected chi connectivity index (χ4v) is 2.74. The van der Waals surface area contributed by atoms with Gasteiger partial charge in [-0.15, -0.1) is 4.80 Å². The Hall–Kier alpha value is -3.36. The zero-order chi connectivity index (χ0) is 20.1. The van der Waals surface area contributed by atoms with E-state index in [2.05, 4.69) is 25.1 Å². The zero-order valence-corrected chi connectivity index (χ0v) is 16.4. The van der Waals surface area contributed by atoms with E-state index in [4.69, 9.17) is 4.74 Å². The summed E-state index contributed by atoms with van der Waals surface area (Å²) in [5, 5.41) is 8.23. The van der Waals surface area contributed by atoms with E-state index in [-0.39, 0.29) is 18.6 Å². The molecular weight excluding hydrogens is 358 g/mol. The maximum Gasteiger partial charge on any atom is 0.316 e. The van der Waals surface area contributed by atoms with Crippen molar-refractivity contribution in [2.45, 2.75) is 33.7 Å². The Kier molecular flexibility index (Phi) is 5.93. The molecule has 0 aliphatic heterocycles. The van der Waals surface area contributed by atoms with Gasteiger partial charge >= 0.3 is 6.01 Å². The monoisotopic (exact) mass is 381 g/mol. The molecule has 9 heteroatoms. The summed E-state index contributed by atoms with van der Waals surface area (Å²) in [4.78, 5) is 29.0. The molecule has 0 aromatic carbocycles. The van der Waals surface area contributed by atoms with Gasteiger partial charge in [0.05, 0.1) is 24.0 Å². The van der Waals surface area contributed by atoms with Gasteiger partial charge in [0.1, 0.15) is 6.61 Å². The standard InChI is InChI=1S/C19H23N7O2/c1-5-25(15(4)12-28-19-20-10-13(2)11-21-19)18(27)16-7-6-14(3)24-17(16)26-22-8-9-23-26/h6-11,15H,5,12H2,1-4H3/t15-/m0/s1. The molecule has 1 amide bonds. The topological polar surface area (TPSA) is 98.9 Å². The third kappa shape index (κ3) is 4.30. The van der Waals surface area contributed by atoms with Crippen LogP contribution in [0.15, 0.2) is 36.9 Å². The van der Waals surface area contributed by atoms with Gasteiger partial charge in [-0.1, -0.05) is 0 Å². The van der Waals surface area contributed by atoms with Crippen molar-refractivity contribution in [2.75, 3.05) is 13.2 Å². The first-order valence-electron chi connectivity index (χ1n) is 9.06. The normalized spacial score (nSPS) is 11.9. The molecule has 3 aromatic rings. The van der Waals surface area contributed by atoms with Gasteiger partial charge in [-0.05, 0) is 45.4 Å². The highest BCUT2D eigenvalue weighted by atomic mass is 16.5. The molecule has 0 saturated carbocycles. The number of aromatic nitrogens is 6. The first-order valence-corrected chi connectivity index (χ1v) is 9.06. The predicted octanol–water partition coefficient (Wildman–Crippen LogP) is 2.00. The SMILES string of the molecule is CCN(C(=O)c1ccc(C)nc1-n1nccn1)[C@@H](C)COc1ncc(C)cn1. The molecule has 3 aromatic heterocycles. The van der Waals surface area contributed by atoms with Crippen molar-refractivity contribution in [3.05, 3.63) is 53.7 Å². The first-order chi connectivity index (χ1) is 13.5. The molecule has 0 aliphatic carbocycles. The van der Waals surface area contributed by atoms with Crippen molar-refractivity contribution in [1.82, 2.24) is 34.8 Å². The van der Waals surface area contributed by atoms with E-state index >= 15 is 0 Å². The third-order valence-electron chi connectivity index (χ3n) is 4.20. The molecule has 0 N–H and O–H groups in total. The summed E-state index contributed by atoms with van der Waals surface area (Å²) in [5.41, 5.74) is 2.17. The van der Waals surface area contributed by atoms with E-state index in [1.165, 1.54) is 4.80 Å². The molecule has 0 spiro atoms. The van der Waals surface area contributed by atoms with Crippen molar-refractivity contribution in [3.8, 4) is 11.8 Å². The lowest BCUT2D eigenvalue weighted by molar-refractivity contribution is 0.0642. The highest BCUT2D eigenvalue weighted by Crippen LogP contribution is 2.16. The van der Waals surface area contributed by atoms with Gasteiger partial charge in [0.2, 0.25) is 0 Å². The van der Waals surface area contributed by atoms with Crippen LogP contribution >= 0.6 is 0 Å². The lowest BCUT2D eigenvalue weighted by atomic mass is 10.1. The van der Waals surface area contributed by atoms with Crippen molar-refractivity contribution in [1.29, 1.82) is 0 Å². The van der Waals surface area contributed by atoms with E-state index < -0.39 is 0 Å². The van der Waals surface area contributed by atoms with Crippen molar-refractivity contribution in [3.63, 3.8) is 0 Å². The van der Waals surface area contributed by atoms with Gasteiger partial charge in [-0.25, -0.2) is 15.0 Å². The highest BCUT2D eigenvalue weighted by molar-refractivity contribution is 5.97. The number of pyridine rings is 1. The summed E-state index contributed by atoms with van der Waals surface area (Å²) in [6.45, 7) is 8.39. The van der Waals surface area contributed by atoms with Crippen molar-refractivity contribution in [2.24, 2.45) is 0 Å². The van der Waals surface area contributed by atoms with Gasteiger partial charge in [0.25, 0.3) is 5.91 Å². The van der Waals surface area contributed by atoms with Crippen molar-refractivity contribution >= 4 is 5.91 Å². The highest BCUT2D eigenvalue weighted by Gasteiger charge is 2.25. The van der Waals surface area contributed by atoms with Gasteiger partial charge in [-0.3, -0.25) is 4.79 Å². The van der Waals surface area contributed by atoms with Crippen LogP contribution in [0.3, 0.4) is 0 Å². The fraction of sp³-hybridized carbons (Fsp3) is 0.368. The van der Waals surface area contributed by atoms with Gasteiger partial charge in [0.15, 0.2) is 5.82 Å². The van der Waals surface area contributed by atoms with E-state index in [1.807, 2.05) is 27.7 Å². The number of ether oxygens (including phenoxy) is 1. The molecule has 3 rings (SSSR count). The number of aryl methyl sites for hydroxylation is 2. The smallest absolute Gasteiger partial charge is 0.316 e. The molecule has 0 unspecified atom stereocenters. The average Bonchev–Trinajstić information content (AvgIpc) is 3.22. The number of carbonyl (C=O) groups is 1. The minimum Gasteiger partial charge on any atom is -0.461 e. The van der Waals surface area contributed by atoms with E-state index in [0.717, 1.165) is 11.3 Å². The van der Waals surface area contributed by atoms with E-state index in [0.29, 0.717) is 23.9 Å². The maximum atomic E-state index is 13.2. The summed E-state index contributed by atoms with van der Waals surface area (Å²) in [6, 6.07) is 3.65. The third-order valence-corrected chi connectivity index (χ3v) is 4.20. The van der Waals surface area contributed by atoms with Gasteiger partial charge < -0.3 is 9.64 Å². The molecule has 0 saturated heterocycles. The fourth-order valence-electron chi connectivity index (χ4n) is 2.74. The largest absolute Gasteiger partial charge is 0.461 e. The number of hydrogen-bond acceptors (Lipinski definition) is 7. The zero-order valence-electron chi connectivity index (χ0n) is 16.4. The number of nitrogens with zero attached hydrogens (tertiary/aromatic N) is 7. The van der Waals surface area contributed by atoms with Crippen LogP contribution in [-0.4, -0.2) is 59.9 Å². The maximum absolute atomic E-state index is 13.2. The molecule has 0 aliphatic rings. The number of likely N-dealkylation sites (N-methyl/N-ethyl adjacent to an activating group) is 1. The van der Waals surface area contributed by atoms with Crippen LogP contribution in [0.2, 0.25) is 0 Å². The summed E-state index contributed by atoms with van der Waals surface area (Å²) in [6.07, 6.45) is 6.48. The molecule has 9 nitrogen and oxygen atoms in total. The van der Waals surface area contributed by atoms with Crippen LogP contribution in [0, 0.1) is 13.8 Å². The lowest BCUT2D eigenvalue weighted by Gasteiger charge is -2.28. The Bertz CT molecular complexity index is 926.